The standard InChI is InChI=1S/C14H24N4O2S/c1-12(11-18-7-3-4-8-18)10-17-21(19,20)13-5-6-16-14(9-13)15-2/h5-6,9,12,17H,3-4,7-8,10-11H2,1-2H3,(H,15,16). The summed E-state index contributed by atoms with van der Waals surface area (Å²) in [4.78, 5) is 6.66. The molecule has 1 atom stereocenters. The normalized spacial score (nSPS) is 17.8. The highest BCUT2D eigenvalue weighted by molar-refractivity contribution is 7.89. The van der Waals surface area contributed by atoms with Gasteiger partial charge in [0.1, 0.15) is 5.82 Å². The summed E-state index contributed by atoms with van der Waals surface area (Å²) >= 11 is 0. The summed E-state index contributed by atoms with van der Waals surface area (Å²) in [5.41, 5.74) is 0. The first-order valence-electron chi connectivity index (χ1n) is 7.37. The SMILES string of the molecule is CNc1cc(S(=O)(=O)NCC(C)CN2CCCC2)ccn1. The van der Waals surface area contributed by atoms with Gasteiger partial charge >= 0.3 is 0 Å². The second kappa shape index (κ2) is 7.20. The third-order valence-corrected chi connectivity index (χ3v) is 5.11. The van der Waals surface area contributed by atoms with E-state index in [1.54, 1.807) is 7.05 Å². The van der Waals surface area contributed by atoms with Crippen molar-refractivity contribution in [1.82, 2.24) is 14.6 Å². The maximum atomic E-state index is 12.3. The van der Waals surface area contributed by atoms with Crippen LogP contribution in [-0.4, -0.2) is 51.5 Å². The molecule has 1 unspecified atom stereocenters. The van der Waals surface area contributed by atoms with Gasteiger partial charge in [-0.15, -0.1) is 0 Å². The van der Waals surface area contributed by atoms with E-state index in [1.807, 2.05) is 0 Å². The topological polar surface area (TPSA) is 74.3 Å². The van der Waals surface area contributed by atoms with E-state index in [1.165, 1.54) is 31.2 Å². The predicted octanol–water partition coefficient (Wildman–Crippen LogP) is 1.13. The Morgan fingerprint density at radius 2 is 2.10 bits per heavy atom. The molecule has 1 aromatic heterocycles. The first kappa shape index (κ1) is 16.2. The molecule has 0 aliphatic carbocycles. The lowest BCUT2D eigenvalue weighted by molar-refractivity contribution is 0.288. The van der Waals surface area contributed by atoms with Crippen molar-refractivity contribution in [2.45, 2.75) is 24.7 Å². The van der Waals surface area contributed by atoms with Crippen LogP contribution in [0, 0.1) is 5.92 Å². The van der Waals surface area contributed by atoms with Crippen molar-refractivity contribution >= 4 is 15.8 Å². The van der Waals surface area contributed by atoms with E-state index < -0.39 is 10.0 Å². The Bertz CT molecular complexity index is 556. The molecule has 118 valence electrons. The van der Waals surface area contributed by atoms with Crippen LogP contribution in [0.3, 0.4) is 0 Å². The summed E-state index contributed by atoms with van der Waals surface area (Å²) in [5, 5.41) is 2.84. The second-order valence-corrected chi connectivity index (χ2v) is 7.36. The molecule has 1 aliphatic rings. The second-order valence-electron chi connectivity index (χ2n) is 5.59. The molecular formula is C14H24N4O2S. The quantitative estimate of drug-likeness (QED) is 0.789. The fourth-order valence-corrected chi connectivity index (χ4v) is 3.70. The van der Waals surface area contributed by atoms with E-state index in [-0.39, 0.29) is 4.90 Å². The zero-order chi connectivity index (χ0) is 15.3. The summed E-state index contributed by atoms with van der Waals surface area (Å²) in [6, 6.07) is 3.04. The Kier molecular flexibility index (Phi) is 5.55. The van der Waals surface area contributed by atoms with Crippen molar-refractivity contribution in [3.8, 4) is 0 Å². The number of nitrogens with zero attached hydrogens (tertiary/aromatic N) is 2. The van der Waals surface area contributed by atoms with Gasteiger partial charge in [-0.25, -0.2) is 18.1 Å². The predicted molar refractivity (Wildman–Crippen MR) is 83.8 cm³/mol. The number of nitrogens with one attached hydrogen (secondary N) is 2. The lowest BCUT2D eigenvalue weighted by atomic mass is 10.2. The lowest BCUT2D eigenvalue weighted by Gasteiger charge is -2.20. The van der Waals surface area contributed by atoms with Crippen molar-refractivity contribution < 1.29 is 8.42 Å². The molecule has 21 heavy (non-hydrogen) atoms. The first-order chi connectivity index (χ1) is 10.0. The third-order valence-electron chi connectivity index (χ3n) is 3.69. The first-order valence-corrected chi connectivity index (χ1v) is 8.85. The van der Waals surface area contributed by atoms with E-state index >= 15 is 0 Å². The molecule has 0 bridgehead atoms. The minimum absolute atomic E-state index is 0.246. The van der Waals surface area contributed by atoms with Gasteiger partial charge in [-0.3, -0.25) is 0 Å². The number of aromatic nitrogens is 1. The zero-order valence-corrected chi connectivity index (χ0v) is 13.5. The maximum Gasteiger partial charge on any atom is 0.240 e. The van der Waals surface area contributed by atoms with Gasteiger partial charge in [0.05, 0.1) is 4.90 Å². The molecule has 2 heterocycles. The highest BCUT2D eigenvalue weighted by atomic mass is 32.2. The van der Waals surface area contributed by atoms with Crippen LogP contribution in [-0.2, 0) is 10.0 Å². The molecule has 6 nitrogen and oxygen atoms in total. The van der Waals surface area contributed by atoms with Gasteiger partial charge in [0.15, 0.2) is 0 Å². The van der Waals surface area contributed by atoms with Crippen LogP contribution in [0.1, 0.15) is 19.8 Å². The highest BCUT2D eigenvalue weighted by Gasteiger charge is 2.18. The summed E-state index contributed by atoms with van der Waals surface area (Å²) in [5.74, 6) is 0.839. The van der Waals surface area contributed by atoms with E-state index in [0.717, 1.165) is 19.6 Å². The Labute approximate surface area is 127 Å². The van der Waals surface area contributed by atoms with E-state index in [4.69, 9.17) is 0 Å². The monoisotopic (exact) mass is 312 g/mol. The Balaban J connectivity index is 1.90. The molecule has 0 saturated carbocycles. The van der Waals surface area contributed by atoms with Crippen LogP contribution in [0.25, 0.3) is 0 Å². The summed E-state index contributed by atoms with van der Waals surface area (Å²) in [7, 11) is -1.76. The molecule has 2 rings (SSSR count). The van der Waals surface area contributed by atoms with E-state index in [2.05, 4.69) is 26.8 Å². The van der Waals surface area contributed by atoms with Gasteiger partial charge in [-0.2, -0.15) is 0 Å². The average molecular weight is 312 g/mol. The summed E-state index contributed by atoms with van der Waals surface area (Å²) in [6.45, 7) is 5.74. The third kappa shape index (κ3) is 4.66. The lowest BCUT2D eigenvalue weighted by Crippen LogP contribution is -2.34. The minimum atomic E-state index is -3.47. The fraction of sp³-hybridized carbons (Fsp3) is 0.643. The van der Waals surface area contributed by atoms with Crippen LogP contribution >= 0.6 is 0 Å². The number of pyridine rings is 1. The van der Waals surface area contributed by atoms with Gasteiger partial charge in [0.25, 0.3) is 0 Å². The Hall–Kier alpha value is -1.18. The summed E-state index contributed by atoms with van der Waals surface area (Å²) < 4.78 is 27.2. The van der Waals surface area contributed by atoms with Crippen molar-refractivity contribution in [1.29, 1.82) is 0 Å². The van der Waals surface area contributed by atoms with Crippen LogP contribution in [0.4, 0.5) is 5.82 Å². The van der Waals surface area contributed by atoms with Gasteiger partial charge in [-0.1, -0.05) is 6.92 Å². The Morgan fingerprint density at radius 3 is 2.76 bits per heavy atom. The molecule has 0 radical (unpaired) electrons. The van der Waals surface area contributed by atoms with Crippen LogP contribution in [0.15, 0.2) is 23.2 Å². The van der Waals surface area contributed by atoms with Crippen LogP contribution < -0.4 is 10.0 Å². The average Bonchev–Trinajstić information content (AvgIpc) is 2.98. The Morgan fingerprint density at radius 1 is 1.38 bits per heavy atom. The van der Waals surface area contributed by atoms with E-state index in [9.17, 15) is 8.42 Å². The zero-order valence-electron chi connectivity index (χ0n) is 12.7. The molecule has 2 N–H and O–H groups in total. The number of sulfonamides is 1. The number of rotatable bonds is 7. The largest absolute Gasteiger partial charge is 0.373 e. The van der Waals surface area contributed by atoms with Crippen molar-refractivity contribution in [2.24, 2.45) is 5.92 Å². The van der Waals surface area contributed by atoms with Crippen LogP contribution in [0.2, 0.25) is 0 Å². The number of hydrogen-bond donors (Lipinski definition) is 2. The maximum absolute atomic E-state index is 12.3. The van der Waals surface area contributed by atoms with Gasteiger partial charge in [0.2, 0.25) is 10.0 Å². The fourth-order valence-electron chi connectivity index (χ4n) is 2.52. The van der Waals surface area contributed by atoms with Gasteiger partial charge < -0.3 is 10.2 Å². The molecule has 0 spiro atoms. The molecule has 1 fully saturated rings. The molecule has 0 amide bonds. The molecule has 1 aromatic rings. The van der Waals surface area contributed by atoms with E-state index in [0.29, 0.717) is 18.3 Å². The highest BCUT2D eigenvalue weighted by Crippen LogP contribution is 2.13. The number of anilines is 1. The minimum Gasteiger partial charge on any atom is -0.373 e. The van der Waals surface area contributed by atoms with Crippen molar-refractivity contribution in [2.75, 3.05) is 38.5 Å². The van der Waals surface area contributed by atoms with Gasteiger partial charge in [-0.05, 0) is 37.9 Å². The summed E-state index contributed by atoms with van der Waals surface area (Å²) in [6.07, 6.45) is 4.00. The number of hydrogen-bond acceptors (Lipinski definition) is 5. The van der Waals surface area contributed by atoms with Crippen LogP contribution in [0.5, 0.6) is 0 Å². The smallest absolute Gasteiger partial charge is 0.240 e. The number of likely N-dealkylation sites (tertiary alicyclic amines) is 1. The molecule has 1 aliphatic heterocycles. The molecule has 0 aromatic carbocycles. The molecular weight excluding hydrogens is 288 g/mol. The molecule has 1 saturated heterocycles. The van der Waals surface area contributed by atoms with Crippen molar-refractivity contribution in [3.05, 3.63) is 18.3 Å². The molecule has 7 heteroatoms. The van der Waals surface area contributed by atoms with Gasteiger partial charge in [0, 0.05) is 32.4 Å². The van der Waals surface area contributed by atoms with Crippen molar-refractivity contribution in [3.63, 3.8) is 0 Å².